The highest BCUT2D eigenvalue weighted by atomic mass is 32.2. The fourth-order valence-corrected chi connectivity index (χ4v) is 3.92. The van der Waals surface area contributed by atoms with Crippen molar-refractivity contribution in [3.63, 3.8) is 0 Å². The Hall–Kier alpha value is -1.77. The Morgan fingerprint density at radius 1 is 1.10 bits per heavy atom. The van der Waals surface area contributed by atoms with Crippen molar-refractivity contribution in [1.29, 1.82) is 0 Å². The molecule has 0 fully saturated rings. The molecule has 8 heteroatoms. The molecule has 0 radical (unpaired) electrons. The largest absolute Gasteiger partial charge is 0.309 e. The monoisotopic (exact) mass is 295 g/mol. The smallest absolute Gasteiger partial charge is 0.269 e. The van der Waals surface area contributed by atoms with Gasteiger partial charge in [0.25, 0.3) is 5.69 Å². The zero-order chi connectivity index (χ0) is 14.3. The number of hydrogen-bond acceptors (Lipinski definition) is 5. The minimum Gasteiger partial charge on any atom is -0.309 e. The first-order valence-corrected chi connectivity index (χ1v) is 7.57. The second kappa shape index (κ2) is 4.65. The van der Waals surface area contributed by atoms with Crippen LogP contribution in [0.3, 0.4) is 0 Å². The molecular formula is C12H13N3O4S. The number of sulfonamides is 1. The highest BCUT2D eigenvalue weighted by molar-refractivity contribution is 7.89. The molecule has 2 aliphatic heterocycles. The number of rotatable bonds is 3. The second-order valence-electron chi connectivity index (χ2n) is 4.83. The van der Waals surface area contributed by atoms with Gasteiger partial charge in [-0.25, -0.2) is 8.42 Å². The van der Waals surface area contributed by atoms with E-state index in [1.165, 1.54) is 28.6 Å². The molecule has 0 saturated heterocycles. The summed E-state index contributed by atoms with van der Waals surface area (Å²) in [6.07, 6.45) is 0. The number of benzene rings is 1. The van der Waals surface area contributed by atoms with Gasteiger partial charge in [0.15, 0.2) is 0 Å². The molecule has 0 aliphatic carbocycles. The van der Waals surface area contributed by atoms with Crippen molar-refractivity contribution in [3.05, 3.63) is 45.5 Å². The molecule has 3 rings (SSSR count). The topological polar surface area (TPSA) is 92.5 Å². The first-order valence-electron chi connectivity index (χ1n) is 6.13. The van der Waals surface area contributed by atoms with Crippen molar-refractivity contribution in [2.24, 2.45) is 0 Å². The molecule has 0 atom stereocenters. The molecule has 2 aliphatic rings. The van der Waals surface area contributed by atoms with Crippen molar-refractivity contribution in [2.75, 3.05) is 26.2 Å². The third-order valence-electron chi connectivity index (χ3n) is 3.60. The number of nitrogens with zero attached hydrogens (tertiary/aromatic N) is 2. The predicted octanol–water partition coefficient (Wildman–Crippen LogP) is 0.499. The molecule has 0 saturated carbocycles. The molecular weight excluding hydrogens is 282 g/mol. The molecule has 2 heterocycles. The van der Waals surface area contributed by atoms with Gasteiger partial charge in [0.05, 0.1) is 9.82 Å². The average Bonchev–Trinajstić information content (AvgIpc) is 2.99. The first-order chi connectivity index (χ1) is 9.48. The third kappa shape index (κ3) is 2.11. The molecule has 7 nitrogen and oxygen atoms in total. The number of nitrogens with one attached hydrogen (secondary N) is 1. The SMILES string of the molecule is O=[N+]([O-])c1ccc(S(=O)(=O)N2CC3=C(CNC3)C2)cc1. The fraction of sp³-hybridized carbons (Fsp3) is 0.333. The van der Waals surface area contributed by atoms with Gasteiger partial charge in [0.1, 0.15) is 0 Å². The fourth-order valence-electron chi connectivity index (χ4n) is 2.49. The van der Waals surface area contributed by atoms with E-state index in [0.717, 1.165) is 24.2 Å². The van der Waals surface area contributed by atoms with Crippen molar-refractivity contribution in [1.82, 2.24) is 9.62 Å². The minimum absolute atomic E-state index is 0.0947. The molecule has 1 aromatic rings. The molecule has 20 heavy (non-hydrogen) atoms. The molecule has 0 spiro atoms. The van der Waals surface area contributed by atoms with Crippen LogP contribution in [0.4, 0.5) is 5.69 Å². The lowest BCUT2D eigenvalue weighted by atomic mass is 10.2. The van der Waals surface area contributed by atoms with E-state index < -0.39 is 14.9 Å². The Morgan fingerprint density at radius 2 is 1.65 bits per heavy atom. The molecule has 0 aromatic heterocycles. The average molecular weight is 295 g/mol. The molecule has 1 N–H and O–H groups in total. The number of non-ortho nitro benzene ring substituents is 1. The van der Waals surface area contributed by atoms with Crippen molar-refractivity contribution < 1.29 is 13.3 Å². The van der Waals surface area contributed by atoms with Crippen LogP contribution in [0.15, 0.2) is 40.3 Å². The quantitative estimate of drug-likeness (QED) is 0.498. The summed E-state index contributed by atoms with van der Waals surface area (Å²) in [5, 5.41) is 13.8. The highest BCUT2D eigenvalue weighted by Crippen LogP contribution is 2.27. The summed E-state index contributed by atoms with van der Waals surface area (Å²) in [6.45, 7) is 2.28. The van der Waals surface area contributed by atoms with Gasteiger partial charge >= 0.3 is 0 Å². The summed E-state index contributed by atoms with van der Waals surface area (Å²) in [5.41, 5.74) is 2.15. The maximum absolute atomic E-state index is 12.5. The van der Waals surface area contributed by atoms with Crippen LogP contribution in [0.25, 0.3) is 0 Å². The Labute approximate surface area is 116 Å². The number of nitro groups is 1. The van der Waals surface area contributed by atoms with Gasteiger partial charge in [-0.2, -0.15) is 4.31 Å². The van der Waals surface area contributed by atoms with Gasteiger partial charge in [0.2, 0.25) is 10.0 Å². The van der Waals surface area contributed by atoms with Gasteiger partial charge in [-0.05, 0) is 23.3 Å². The van der Waals surface area contributed by atoms with Crippen LogP contribution < -0.4 is 5.32 Å². The van der Waals surface area contributed by atoms with Crippen LogP contribution in [-0.2, 0) is 10.0 Å². The predicted molar refractivity (Wildman–Crippen MR) is 71.8 cm³/mol. The van der Waals surface area contributed by atoms with E-state index in [0.29, 0.717) is 13.1 Å². The van der Waals surface area contributed by atoms with Gasteiger partial charge in [0, 0.05) is 38.3 Å². The van der Waals surface area contributed by atoms with Crippen LogP contribution in [0, 0.1) is 10.1 Å². The van der Waals surface area contributed by atoms with Crippen LogP contribution in [0.2, 0.25) is 0 Å². The summed E-state index contributed by atoms with van der Waals surface area (Å²) < 4.78 is 26.3. The van der Waals surface area contributed by atoms with Crippen LogP contribution >= 0.6 is 0 Å². The highest BCUT2D eigenvalue weighted by Gasteiger charge is 2.33. The Morgan fingerprint density at radius 3 is 2.15 bits per heavy atom. The van der Waals surface area contributed by atoms with E-state index in [9.17, 15) is 18.5 Å². The molecule has 0 bridgehead atoms. The number of hydrogen-bond donors (Lipinski definition) is 1. The molecule has 0 unspecified atom stereocenters. The first kappa shape index (κ1) is 13.2. The summed E-state index contributed by atoms with van der Waals surface area (Å²) in [7, 11) is -3.58. The summed E-state index contributed by atoms with van der Waals surface area (Å²) >= 11 is 0. The second-order valence-corrected chi connectivity index (χ2v) is 6.77. The number of nitro benzene ring substituents is 1. The lowest BCUT2D eigenvalue weighted by Gasteiger charge is -2.18. The maximum Gasteiger partial charge on any atom is 0.269 e. The Balaban J connectivity index is 1.84. The lowest BCUT2D eigenvalue weighted by Crippen LogP contribution is -2.32. The zero-order valence-electron chi connectivity index (χ0n) is 10.6. The third-order valence-corrected chi connectivity index (χ3v) is 5.40. The van der Waals surface area contributed by atoms with E-state index in [2.05, 4.69) is 5.32 Å². The van der Waals surface area contributed by atoms with E-state index in [1.807, 2.05) is 0 Å². The van der Waals surface area contributed by atoms with Gasteiger partial charge in [-0.3, -0.25) is 10.1 Å². The van der Waals surface area contributed by atoms with E-state index in [-0.39, 0.29) is 10.6 Å². The Bertz CT molecular complexity index is 678. The van der Waals surface area contributed by atoms with E-state index in [4.69, 9.17) is 0 Å². The molecule has 1 aromatic carbocycles. The molecule has 106 valence electrons. The summed E-state index contributed by atoms with van der Waals surface area (Å²) in [6, 6.07) is 5.00. The maximum atomic E-state index is 12.5. The lowest BCUT2D eigenvalue weighted by molar-refractivity contribution is -0.384. The van der Waals surface area contributed by atoms with Crippen LogP contribution in [0.5, 0.6) is 0 Å². The van der Waals surface area contributed by atoms with Crippen molar-refractivity contribution in [2.45, 2.75) is 4.90 Å². The van der Waals surface area contributed by atoms with Crippen LogP contribution in [-0.4, -0.2) is 43.8 Å². The zero-order valence-corrected chi connectivity index (χ0v) is 11.4. The van der Waals surface area contributed by atoms with Crippen molar-refractivity contribution in [3.8, 4) is 0 Å². The Kier molecular flexibility index (Phi) is 3.08. The van der Waals surface area contributed by atoms with E-state index in [1.54, 1.807) is 0 Å². The van der Waals surface area contributed by atoms with Crippen molar-refractivity contribution >= 4 is 15.7 Å². The van der Waals surface area contributed by atoms with Gasteiger partial charge in [-0.15, -0.1) is 0 Å². The van der Waals surface area contributed by atoms with Crippen LogP contribution in [0.1, 0.15) is 0 Å². The van der Waals surface area contributed by atoms with Gasteiger partial charge < -0.3 is 5.32 Å². The standard InChI is InChI=1S/C12H13N3O4S/c16-15(17)11-1-3-12(4-2-11)20(18,19)14-7-9-5-13-6-10(9)8-14/h1-4,13H,5-8H2. The minimum atomic E-state index is -3.58. The normalized spacial score (nSPS) is 19.4. The summed E-state index contributed by atoms with van der Waals surface area (Å²) in [5.74, 6) is 0. The molecule has 0 amide bonds. The summed E-state index contributed by atoms with van der Waals surface area (Å²) in [4.78, 5) is 10.1. The van der Waals surface area contributed by atoms with E-state index >= 15 is 0 Å². The van der Waals surface area contributed by atoms with Gasteiger partial charge in [-0.1, -0.05) is 0 Å².